The van der Waals surface area contributed by atoms with Crippen molar-refractivity contribution in [2.75, 3.05) is 0 Å². The molecule has 1 atom stereocenters. The van der Waals surface area contributed by atoms with Gasteiger partial charge in [0.1, 0.15) is 0 Å². The fraction of sp³-hybridized carbons (Fsp3) is 0.429. The van der Waals surface area contributed by atoms with Gasteiger partial charge in [-0.2, -0.15) is 0 Å². The maximum atomic E-state index is 12.2. The minimum atomic E-state index is -1.06. The summed E-state index contributed by atoms with van der Waals surface area (Å²) < 4.78 is 0. The van der Waals surface area contributed by atoms with Crippen molar-refractivity contribution in [1.82, 2.24) is 0 Å². The summed E-state index contributed by atoms with van der Waals surface area (Å²) >= 11 is 0. The monoisotopic (exact) mass is 249 g/mol. The first-order chi connectivity index (χ1) is 8.25. The summed E-state index contributed by atoms with van der Waals surface area (Å²) in [6, 6.07) is 1.03. The molecule has 1 rings (SSSR count). The average molecular weight is 249 g/mol. The number of ketones is 1. The van der Waals surface area contributed by atoms with Crippen LogP contribution in [0.2, 0.25) is 0 Å². The molecule has 18 heavy (non-hydrogen) atoms. The molecule has 0 fully saturated rings. The Morgan fingerprint density at radius 1 is 1.17 bits per heavy atom. The number of rotatable bonds is 4. The van der Waals surface area contributed by atoms with Crippen LogP contribution in [0, 0.1) is 27.7 Å². The molecule has 0 aliphatic carbocycles. The molecule has 1 unspecified atom stereocenters. The first kappa shape index (κ1) is 14.4. The molecule has 0 aliphatic rings. The zero-order valence-corrected chi connectivity index (χ0v) is 11.2. The lowest BCUT2D eigenvalue weighted by atomic mass is 9.89. The van der Waals surface area contributed by atoms with Crippen LogP contribution in [0.15, 0.2) is 6.07 Å². The molecule has 0 saturated carbocycles. The van der Waals surface area contributed by atoms with E-state index in [1.54, 1.807) is 0 Å². The summed E-state index contributed by atoms with van der Waals surface area (Å²) in [6.45, 7) is 7.59. The molecule has 1 aromatic rings. The Balaban J connectivity index is 3.24. The van der Waals surface area contributed by atoms with E-state index in [0.717, 1.165) is 22.3 Å². The molecule has 1 aromatic carbocycles. The number of carboxylic acids is 1. The zero-order valence-electron chi connectivity index (χ0n) is 11.2. The Kier molecular flexibility index (Phi) is 4.24. The van der Waals surface area contributed by atoms with Gasteiger partial charge in [-0.05, 0) is 49.9 Å². The summed E-state index contributed by atoms with van der Waals surface area (Å²) in [6.07, 6.45) is -0.343. The summed E-state index contributed by atoms with van der Waals surface area (Å²) in [5.74, 6) is -1.35. The molecule has 4 heteroatoms. The van der Waals surface area contributed by atoms with Crippen molar-refractivity contribution in [3.05, 3.63) is 33.9 Å². The maximum absolute atomic E-state index is 12.2. The Labute approximate surface area is 107 Å². The molecular formula is C14H19NO3. The van der Waals surface area contributed by atoms with E-state index >= 15 is 0 Å². The van der Waals surface area contributed by atoms with E-state index in [1.807, 2.05) is 33.8 Å². The second-order valence-corrected chi connectivity index (χ2v) is 4.70. The topological polar surface area (TPSA) is 80.4 Å². The van der Waals surface area contributed by atoms with Crippen LogP contribution in [0.25, 0.3) is 0 Å². The third-order valence-electron chi connectivity index (χ3n) is 3.34. The van der Waals surface area contributed by atoms with Crippen LogP contribution < -0.4 is 5.73 Å². The first-order valence-corrected chi connectivity index (χ1v) is 5.84. The average Bonchev–Trinajstić information content (AvgIpc) is 2.25. The molecule has 0 amide bonds. The maximum Gasteiger partial charge on any atom is 0.305 e. The van der Waals surface area contributed by atoms with Crippen LogP contribution in [0.4, 0.5) is 0 Å². The van der Waals surface area contributed by atoms with Gasteiger partial charge in [-0.1, -0.05) is 6.07 Å². The number of carbonyl (C=O) groups excluding carboxylic acids is 1. The van der Waals surface area contributed by atoms with Gasteiger partial charge in [0.25, 0.3) is 0 Å². The SMILES string of the molecule is Cc1cc(C)c(C)c(C(=O)C(N)CC(=O)O)c1C. The van der Waals surface area contributed by atoms with Gasteiger partial charge in [0, 0.05) is 5.56 Å². The van der Waals surface area contributed by atoms with E-state index < -0.39 is 12.0 Å². The number of carbonyl (C=O) groups is 2. The normalized spacial score (nSPS) is 12.3. The van der Waals surface area contributed by atoms with E-state index in [4.69, 9.17) is 10.8 Å². The van der Waals surface area contributed by atoms with Crippen LogP contribution in [-0.4, -0.2) is 22.9 Å². The van der Waals surface area contributed by atoms with Crippen LogP contribution in [0.3, 0.4) is 0 Å². The zero-order chi connectivity index (χ0) is 14.0. The standard InChI is InChI=1S/C14H19NO3/c1-7-5-8(2)10(4)13(9(7)3)14(18)11(15)6-12(16)17/h5,11H,6,15H2,1-4H3,(H,16,17). The first-order valence-electron chi connectivity index (χ1n) is 5.84. The molecule has 4 nitrogen and oxygen atoms in total. The molecule has 0 aliphatic heterocycles. The molecule has 0 bridgehead atoms. The Morgan fingerprint density at radius 2 is 1.61 bits per heavy atom. The number of hydrogen-bond acceptors (Lipinski definition) is 3. The van der Waals surface area contributed by atoms with E-state index in [-0.39, 0.29) is 12.2 Å². The van der Waals surface area contributed by atoms with Gasteiger partial charge in [-0.25, -0.2) is 0 Å². The van der Waals surface area contributed by atoms with Crippen molar-refractivity contribution in [3.8, 4) is 0 Å². The number of aliphatic carboxylic acids is 1. The van der Waals surface area contributed by atoms with Crippen molar-refractivity contribution in [2.45, 2.75) is 40.2 Å². The lowest BCUT2D eigenvalue weighted by molar-refractivity contribution is -0.137. The molecule has 0 spiro atoms. The Morgan fingerprint density at radius 3 is 2.00 bits per heavy atom. The number of nitrogens with two attached hydrogens (primary N) is 1. The third kappa shape index (κ3) is 2.76. The van der Waals surface area contributed by atoms with Gasteiger partial charge in [-0.15, -0.1) is 0 Å². The summed E-state index contributed by atoms with van der Waals surface area (Å²) in [5, 5.41) is 8.70. The van der Waals surface area contributed by atoms with Crippen LogP contribution >= 0.6 is 0 Å². The van der Waals surface area contributed by atoms with Gasteiger partial charge in [0.2, 0.25) is 0 Å². The van der Waals surface area contributed by atoms with Gasteiger partial charge in [0.05, 0.1) is 12.5 Å². The van der Waals surface area contributed by atoms with E-state index in [9.17, 15) is 9.59 Å². The van der Waals surface area contributed by atoms with Crippen molar-refractivity contribution in [2.24, 2.45) is 5.73 Å². The van der Waals surface area contributed by atoms with Crippen LogP contribution in [0.1, 0.15) is 39.0 Å². The number of benzene rings is 1. The summed E-state index contributed by atoms with van der Waals surface area (Å²) in [5.41, 5.74) is 10.0. The van der Waals surface area contributed by atoms with Crippen molar-refractivity contribution in [3.63, 3.8) is 0 Å². The molecular weight excluding hydrogens is 230 g/mol. The molecule has 3 N–H and O–H groups in total. The van der Waals surface area contributed by atoms with Crippen molar-refractivity contribution < 1.29 is 14.7 Å². The molecule has 0 saturated heterocycles. The van der Waals surface area contributed by atoms with Gasteiger partial charge in [0.15, 0.2) is 5.78 Å². The summed E-state index contributed by atoms with van der Waals surface area (Å²) in [7, 11) is 0. The number of Topliss-reactive ketones (excluding diaryl/α,β-unsaturated/α-hetero) is 1. The highest BCUT2D eigenvalue weighted by Crippen LogP contribution is 2.23. The fourth-order valence-electron chi connectivity index (χ4n) is 2.05. The highest BCUT2D eigenvalue weighted by atomic mass is 16.4. The van der Waals surface area contributed by atoms with Gasteiger partial charge in [-0.3, -0.25) is 9.59 Å². The smallest absolute Gasteiger partial charge is 0.305 e. The highest BCUT2D eigenvalue weighted by Gasteiger charge is 2.23. The Hall–Kier alpha value is -1.68. The highest BCUT2D eigenvalue weighted by molar-refractivity contribution is 6.04. The second kappa shape index (κ2) is 5.31. The molecule has 0 radical (unpaired) electrons. The lowest BCUT2D eigenvalue weighted by Crippen LogP contribution is -2.34. The molecule has 0 heterocycles. The quantitative estimate of drug-likeness (QED) is 0.799. The third-order valence-corrected chi connectivity index (χ3v) is 3.34. The van der Waals surface area contributed by atoms with E-state index in [2.05, 4.69) is 0 Å². The van der Waals surface area contributed by atoms with Crippen molar-refractivity contribution in [1.29, 1.82) is 0 Å². The van der Waals surface area contributed by atoms with Crippen LogP contribution in [-0.2, 0) is 4.79 Å². The minimum absolute atomic E-state index is 0.292. The minimum Gasteiger partial charge on any atom is -0.481 e. The molecule has 98 valence electrons. The summed E-state index contributed by atoms with van der Waals surface area (Å²) in [4.78, 5) is 22.9. The fourth-order valence-corrected chi connectivity index (χ4v) is 2.05. The van der Waals surface area contributed by atoms with Gasteiger partial charge >= 0.3 is 5.97 Å². The number of aryl methyl sites for hydroxylation is 2. The second-order valence-electron chi connectivity index (χ2n) is 4.70. The van der Waals surface area contributed by atoms with E-state index in [0.29, 0.717) is 5.56 Å². The number of hydrogen-bond donors (Lipinski definition) is 2. The predicted molar refractivity (Wildman–Crippen MR) is 69.9 cm³/mol. The van der Waals surface area contributed by atoms with E-state index in [1.165, 1.54) is 0 Å². The van der Waals surface area contributed by atoms with Crippen molar-refractivity contribution >= 4 is 11.8 Å². The van der Waals surface area contributed by atoms with Crippen LogP contribution in [0.5, 0.6) is 0 Å². The lowest BCUT2D eigenvalue weighted by Gasteiger charge is -2.16. The van der Waals surface area contributed by atoms with Gasteiger partial charge < -0.3 is 10.8 Å². The molecule has 0 aromatic heterocycles. The largest absolute Gasteiger partial charge is 0.481 e. The Bertz CT molecular complexity index is 480. The number of carboxylic acid groups (broad SMARTS) is 1. The predicted octanol–water partition coefficient (Wildman–Crippen LogP) is 1.90.